The van der Waals surface area contributed by atoms with Crippen molar-refractivity contribution in [1.29, 1.82) is 0 Å². The van der Waals surface area contributed by atoms with Gasteiger partial charge in [-0.1, -0.05) is 0 Å². The summed E-state index contributed by atoms with van der Waals surface area (Å²) in [4.78, 5) is 18.3. The summed E-state index contributed by atoms with van der Waals surface area (Å²) in [6.07, 6.45) is 6.84. The van der Waals surface area contributed by atoms with Gasteiger partial charge in [0.15, 0.2) is 15.6 Å². The number of Topliss-reactive ketones (excluding diaryl/α,β-unsaturated/α-hetero) is 1. The van der Waals surface area contributed by atoms with Crippen LogP contribution in [0.25, 0.3) is 0 Å². The third-order valence-corrected chi connectivity index (χ3v) is 6.16. The molecule has 3 rings (SSSR count). The lowest BCUT2D eigenvalue weighted by Gasteiger charge is -2.33. The van der Waals surface area contributed by atoms with Gasteiger partial charge in [-0.25, -0.2) is 8.42 Å². The van der Waals surface area contributed by atoms with Crippen molar-refractivity contribution in [2.45, 2.75) is 24.7 Å². The van der Waals surface area contributed by atoms with E-state index in [0.717, 1.165) is 25.9 Å². The number of carbonyl (C=O) groups is 1. The average molecular weight is 388 g/mol. The maximum Gasteiger partial charge on any atom is 0.177 e. The standard InChI is InChI=1S/C20H25N3O3S/c1-15(24)17-3-4-20(27(2,25)26)19(13-17)22-14-16-7-11-23(12-8-16)18-5-9-21-10-6-18/h3-6,9-10,13,16,22H,7-8,11-12,14H2,1-2H3. The first-order valence-electron chi connectivity index (χ1n) is 9.08. The van der Waals surface area contributed by atoms with Crippen LogP contribution in [0.1, 0.15) is 30.1 Å². The summed E-state index contributed by atoms with van der Waals surface area (Å²) in [7, 11) is -3.36. The molecule has 0 bridgehead atoms. The lowest BCUT2D eigenvalue weighted by Crippen LogP contribution is -2.35. The molecule has 0 amide bonds. The molecule has 1 aliphatic heterocycles. The van der Waals surface area contributed by atoms with Crippen LogP contribution in [0.15, 0.2) is 47.6 Å². The van der Waals surface area contributed by atoms with Crippen molar-refractivity contribution in [2.24, 2.45) is 5.92 Å². The number of piperidine rings is 1. The van der Waals surface area contributed by atoms with E-state index in [9.17, 15) is 13.2 Å². The molecular weight excluding hydrogens is 362 g/mol. The number of hydrogen-bond acceptors (Lipinski definition) is 6. The molecule has 27 heavy (non-hydrogen) atoms. The summed E-state index contributed by atoms with van der Waals surface area (Å²) in [5.41, 5.74) is 2.21. The zero-order chi connectivity index (χ0) is 19.4. The highest BCUT2D eigenvalue weighted by Gasteiger charge is 2.21. The van der Waals surface area contributed by atoms with E-state index in [1.54, 1.807) is 24.5 Å². The third-order valence-electron chi connectivity index (χ3n) is 5.01. The van der Waals surface area contributed by atoms with Crippen LogP contribution in [0.2, 0.25) is 0 Å². The van der Waals surface area contributed by atoms with Crippen molar-refractivity contribution in [3.05, 3.63) is 48.3 Å². The Kier molecular flexibility index (Phi) is 5.79. The molecule has 7 heteroatoms. The Balaban J connectivity index is 1.65. The van der Waals surface area contributed by atoms with Crippen LogP contribution in [0, 0.1) is 5.92 Å². The molecule has 144 valence electrons. The summed E-state index contributed by atoms with van der Waals surface area (Å²) < 4.78 is 24.1. The van der Waals surface area contributed by atoms with E-state index in [0.29, 0.717) is 23.7 Å². The molecule has 2 heterocycles. The molecule has 1 saturated heterocycles. The highest BCUT2D eigenvalue weighted by atomic mass is 32.2. The zero-order valence-electron chi connectivity index (χ0n) is 15.7. The van der Waals surface area contributed by atoms with Gasteiger partial charge in [-0.15, -0.1) is 0 Å². The zero-order valence-corrected chi connectivity index (χ0v) is 16.5. The number of benzene rings is 1. The topological polar surface area (TPSA) is 79.4 Å². The number of ketones is 1. The predicted molar refractivity (Wildman–Crippen MR) is 107 cm³/mol. The summed E-state index contributed by atoms with van der Waals surface area (Å²) >= 11 is 0. The normalized spacial score (nSPS) is 15.6. The molecule has 1 aromatic carbocycles. The van der Waals surface area contributed by atoms with Gasteiger partial charge in [0.25, 0.3) is 0 Å². The second-order valence-electron chi connectivity index (χ2n) is 7.06. The van der Waals surface area contributed by atoms with Gasteiger partial charge in [0.2, 0.25) is 0 Å². The van der Waals surface area contributed by atoms with Crippen LogP contribution < -0.4 is 10.2 Å². The fraction of sp³-hybridized carbons (Fsp3) is 0.400. The predicted octanol–water partition coefficient (Wildman–Crippen LogP) is 3.02. The number of nitrogens with one attached hydrogen (secondary N) is 1. The van der Waals surface area contributed by atoms with E-state index >= 15 is 0 Å². The van der Waals surface area contributed by atoms with Crippen LogP contribution >= 0.6 is 0 Å². The fourth-order valence-corrected chi connectivity index (χ4v) is 4.26. The molecule has 0 atom stereocenters. The van der Waals surface area contributed by atoms with E-state index in [-0.39, 0.29) is 10.7 Å². The van der Waals surface area contributed by atoms with Gasteiger partial charge < -0.3 is 10.2 Å². The maximum atomic E-state index is 12.0. The van der Waals surface area contributed by atoms with Gasteiger partial charge in [-0.2, -0.15) is 0 Å². The van der Waals surface area contributed by atoms with Gasteiger partial charge in [0.05, 0.1) is 10.6 Å². The van der Waals surface area contributed by atoms with E-state index < -0.39 is 9.84 Å². The minimum absolute atomic E-state index is 0.0799. The van der Waals surface area contributed by atoms with Crippen molar-refractivity contribution < 1.29 is 13.2 Å². The molecule has 0 aliphatic carbocycles. The average Bonchev–Trinajstić information content (AvgIpc) is 2.66. The van der Waals surface area contributed by atoms with Crippen molar-refractivity contribution in [1.82, 2.24) is 4.98 Å². The van der Waals surface area contributed by atoms with E-state index in [4.69, 9.17) is 0 Å². The Bertz CT molecular complexity index is 905. The summed E-state index contributed by atoms with van der Waals surface area (Å²) in [6, 6.07) is 8.76. The molecule has 0 spiro atoms. The minimum Gasteiger partial charge on any atom is -0.384 e. The lowest BCUT2D eigenvalue weighted by atomic mass is 9.96. The number of rotatable bonds is 6. The number of pyridine rings is 1. The molecule has 1 aromatic heterocycles. The van der Waals surface area contributed by atoms with E-state index in [1.165, 1.54) is 24.9 Å². The third kappa shape index (κ3) is 4.86. The van der Waals surface area contributed by atoms with E-state index in [2.05, 4.69) is 15.2 Å². The lowest BCUT2D eigenvalue weighted by molar-refractivity contribution is 0.101. The quantitative estimate of drug-likeness (QED) is 0.768. The van der Waals surface area contributed by atoms with Gasteiger partial charge >= 0.3 is 0 Å². The number of anilines is 2. The first-order valence-corrected chi connectivity index (χ1v) is 11.0. The molecule has 0 saturated carbocycles. The van der Waals surface area contributed by atoms with Crippen molar-refractivity contribution in [3.63, 3.8) is 0 Å². The highest BCUT2D eigenvalue weighted by Crippen LogP contribution is 2.26. The molecular formula is C20H25N3O3S. The van der Waals surface area contributed by atoms with Crippen molar-refractivity contribution in [3.8, 4) is 0 Å². The number of carbonyl (C=O) groups excluding carboxylic acids is 1. The molecule has 1 aliphatic rings. The van der Waals surface area contributed by atoms with Crippen LogP contribution in [-0.2, 0) is 9.84 Å². The number of hydrogen-bond donors (Lipinski definition) is 1. The van der Waals surface area contributed by atoms with Crippen LogP contribution in [0.4, 0.5) is 11.4 Å². The van der Waals surface area contributed by atoms with Crippen LogP contribution in [0.3, 0.4) is 0 Å². The second kappa shape index (κ2) is 8.08. The van der Waals surface area contributed by atoms with Crippen LogP contribution in [0.5, 0.6) is 0 Å². The summed E-state index contributed by atoms with van der Waals surface area (Å²) in [5.74, 6) is 0.375. The highest BCUT2D eigenvalue weighted by molar-refractivity contribution is 7.90. The number of nitrogens with zero attached hydrogens (tertiary/aromatic N) is 2. The van der Waals surface area contributed by atoms with Gasteiger partial charge in [0.1, 0.15) is 0 Å². The first kappa shape index (κ1) is 19.4. The second-order valence-corrected chi connectivity index (χ2v) is 9.04. The minimum atomic E-state index is -3.36. The fourth-order valence-electron chi connectivity index (χ4n) is 3.41. The maximum absolute atomic E-state index is 12.0. The van der Waals surface area contributed by atoms with E-state index in [1.807, 2.05) is 12.1 Å². The van der Waals surface area contributed by atoms with Gasteiger partial charge in [0, 0.05) is 49.5 Å². The largest absolute Gasteiger partial charge is 0.384 e. The SMILES string of the molecule is CC(=O)c1ccc(S(C)(=O)=O)c(NCC2CCN(c3ccncc3)CC2)c1. The molecule has 2 aromatic rings. The Labute approximate surface area is 160 Å². The number of sulfone groups is 1. The molecule has 0 radical (unpaired) electrons. The van der Waals surface area contributed by atoms with Crippen LogP contribution in [-0.4, -0.2) is 45.1 Å². The van der Waals surface area contributed by atoms with Crippen molar-refractivity contribution >= 4 is 27.0 Å². The molecule has 0 unspecified atom stereocenters. The molecule has 1 fully saturated rings. The molecule has 6 nitrogen and oxygen atoms in total. The number of aromatic nitrogens is 1. The Morgan fingerprint density at radius 2 is 1.85 bits per heavy atom. The summed E-state index contributed by atoms with van der Waals surface area (Å²) in [5, 5.41) is 3.28. The van der Waals surface area contributed by atoms with Gasteiger partial charge in [-0.3, -0.25) is 9.78 Å². The van der Waals surface area contributed by atoms with Gasteiger partial charge in [-0.05, 0) is 56.0 Å². The summed E-state index contributed by atoms with van der Waals surface area (Å²) in [6.45, 7) is 4.09. The van der Waals surface area contributed by atoms with Crippen molar-refractivity contribution in [2.75, 3.05) is 36.1 Å². The smallest absolute Gasteiger partial charge is 0.177 e. The Hall–Kier alpha value is -2.41. The Morgan fingerprint density at radius 3 is 2.44 bits per heavy atom. The monoisotopic (exact) mass is 387 g/mol. The Morgan fingerprint density at radius 1 is 1.19 bits per heavy atom. The molecule has 1 N–H and O–H groups in total. The first-order chi connectivity index (χ1) is 12.8.